The summed E-state index contributed by atoms with van der Waals surface area (Å²) in [7, 11) is 0. The number of guanidine groups is 1. The molecule has 4 rings (SSSR count). The Morgan fingerprint density at radius 2 is 1.88 bits per heavy atom. The van der Waals surface area contributed by atoms with E-state index in [4.69, 9.17) is 4.99 Å². The normalized spacial score (nSPS) is 26.3. The maximum atomic E-state index is 4.95. The van der Waals surface area contributed by atoms with Gasteiger partial charge in [0, 0.05) is 45.6 Å². The Labute approximate surface area is 157 Å². The van der Waals surface area contributed by atoms with Gasteiger partial charge in [0.15, 0.2) is 5.96 Å². The first kappa shape index (κ1) is 17.8. The average molecular weight is 359 g/mol. The molecule has 2 aliphatic heterocycles. The number of aliphatic imine (C=N–C) groups is 1. The molecule has 1 aliphatic carbocycles. The number of rotatable bonds is 4. The molecule has 1 saturated heterocycles. The molecule has 144 valence electrons. The van der Waals surface area contributed by atoms with Crippen LogP contribution in [0.25, 0.3) is 0 Å². The molecule has 0 aromatic carbocycles. The number of nitrogens with zero attached hydrogens (tertiary/aromatic N) is 5. The molecule has 1 aromatic rings. The van der Waals surface area contributed by atoms with Crippen molar-refractivity contribution in [3.63, 3.8) is 0 Å². The lowest BCUT2D eigenvalue weighted by molar-refractivity contribution is 0.299. The Bertz CT molecular complexity index is 608. The third-order valence-corrected chi connectivity index (χ3v) is 6.39. The van der Waals surface area contributed by atoms with Gasteiger partial charge in [-0.15, -0.1) is 10.2 Å². The first-order chi connectivity index (χ1) is 12.8. The van der Waals surface area contributed by atoms with E-state index in [1.165, 1.54) is 63.9 Å². The van der Waals surface area contributed by atoms with Gasteiger partial charge in [0.2, 0.25) is 0 Å². The van der Waals surface area contributed by atoms with Crippen molar-refractivity contribution in [1.29, 1.82) is 0 Å². The highest BCUT2D eigenvalue weighted by atomic mass is 15.3. The van der Waals surface area contributed by atoms with Crippen LogP contribution in [-0.4, -0.2) is 51.8 Å². The van der Waals surface area contributed by atoms with Crippen molar-refractivity contribution in [1.82, 2.24) is 25.0 Å². The van der Waals surface area contributed by atoms with Gasteiger partial charge in [-0.05, 0) is 44.4 Å². The Hall–Kier alpha value is -1.59. The second-order valence-corrected chi connectivity index (χ2v) is 8.19. The van der Waals surface area contributed by atoms with E-state index in [1.54, 1.807) is 0 Å². The molecule has 2 unspecified atom stereocenters. The fourth-order valence-electron chi connectivity index (χ4n) is 5.00. The highest BCUT2D eigenvalue weighted by Gasteiger charge is 2.35. The first-order valence-corrected chi connectivity index (χ1v) is 10.8. The van der Waals surface area contributed by atoms with Gasteiger partial charge >= 0.3 is 0 Å². The smallest absolute Gasteiger partial charge is 0.193 e. The molecule has 0 amide bonds. The fourth-order valence-corrected chi connectivity index (χ4v) is 5.00. The lowest BCUT2D eigenvalue weighted by Gasteiger charge is -2.22. The minimum atomic E-state index is 0.798. The molecule has 26 heavy (non-hydrogen) atoms. The van der Waals surface area contributed by atoms with Gasteiger partial charge in [0.1, 0.15) is 11.6 Å². The molecule has 0 bridgehead atoms. The van der Waals surface area contributed by atoms with Gasteiger partial charge in [0.25, 0.3) is 0 Å². The molecule has 1 saturated carbocycles. The SMILES string of the molecule is CCNC(=NCCc1nnc2n1CCCCC2)N1CC2CCCCC2C1. The van der Waals surface area contributed by atoms with Crippen molar-refractivity contribution in [3.8, 4) is 0 Å². The average Bonchev–Trinajstić information content (AvgIpc) is 3.18. The molecule has 3 aliphatic rings. The number of hydrogen-bond acceptors (Lipinski definition) is 3. The summed E-state index contributed by atoms with van der Waals surface area (Å²) in [5.74, 6) is 5.19. The Kier molecular flexibility index (Phi) is 5.75. The van der Waals surface area contributed by atoms with Crippen LogP contribution in [0.2, 0.25) is 0 Å². The number of fused-ring (bicyclic) bond motifs is 2. The highest BCUT2D eigenvalue weighted by molar-refractivity contribution is 5.80. The zero-order valence-corrected chi connectivity index (χ0v) is 16.3. The summed E-state index contributed by atoms with van der Waals surface area (Å²) in [6, 6.07) is 0. The van der Waals surface area contributed by atoms with Crippen LogP contribution < -0.4 is 5.32 Å². The van der Waals surface area contributed by atoms with E-state index in [0.29, 0.717) is 0 Å². The molecule has 6 nitrogen and oxygen atoms in total. The molecule has 1 aromatic heterocycles. The van der Waals surface area contributed by atoms with Crippen molar-refractivity contribution in [2.75, 3.05) is 26.2 Å². The topological polar surface area (TPSA) is 58.3 Å². The molecule has 6 heteroatoms. The van der Waals surface area contributed by atoms with E-state index in [-0.39, 0.29) is 0 Å². The van der Waals surface area contributed by atoms with Crippen LogP contribution in [-0.2, 0) is 19.4 Å². The highest BCUT2D eigenvalue weighted by Crippen LogP contribution is 2.35. The molecular weight excluding hydrogens is 324 g/mol. The molecule has 3 heterocycles. The number of likely N-dealkylation sites (tertiary alicyclic amines) is 1. The largest absolute Gasteiger partial charge is 0.357 e. The second-order valence-electron chi connectivity index (χ2n) is 8.19. The van der Waals surface area contributed by atoms with Gasteiger partial charge in [-0.1, -0.05) is 19.3 Å². The quantitative estimate of drug-likeness (QED) is 0.664. The summed E-state index contributed by atoms with van der Waals surface area (Å²) >= 11 is 0. The van der Waals surface area contributed by atoms with Crippen molar-refractivity contribution in [2.45, 2.75) is 71.3 Å². The van der Waals surface area contributed by atoms with E-state index in [0.717, 1.165) is 56.1 Å². The summed E-state index contributed by atoms with van der Waals surface area (Å²) < 4.78 is 2.35. The van der Waals surface area contributed by atoms with E-state index >= 15 is 0 Å². The third kappa shape index (κ3) is 3.89. The number of nitrogens with one attached hydrogen (secondary N) is 1. The van der Waals surface area contributed by atoms with Crippen LogP contribution in [0, 0.1) is 11.8 Å². The van der Waals surface area contributed by atoms with Gasteiger partial charge < -0.3 is 14.8 Å². The zero-order chi connectivity index (χ0) is 17.8. The summed E-state index contributed by atoms with van der Waals surface area (Å²) in [5.41, 5.74) is 0. The standard InChI is InChI=1S/C20H34N6/c1-2-21-20(25-14-16-8-5-6-9-17(16)15-25)22-12-11-19-24-23-18-10-4-3-7-13-26(18)19/h16-17H,2-15H2,1H3,(H,21,22). The van der Waals surface area contributed by atoms with Gasteiger partial charge in [-0.25, -0.2) is 0 Å². The summed E-state index contributed by atoms with van der Waals surface area (Å²) in [5, 5.41) is 12.4. The lowest BCUT2D eigenvalue weighted by Crippen LogP contribution is -2.40. The van der Waals surface area contributed by atoms with Crippen LogP contribution in [0.3, 0.4) is 0 Å². The van der Waals surface area contributed by atoms with E-state index in [1.807, 2.05) is 0 Å². The van der Waals surface area contributed by atoms with Crippen molar-refractivity contribution in [3.05, 3.63) is 11.6 Å². The van der Waals surface area contributed by atoms with Crippen LogP contribution in [0.1, 0.15) is 63.5 Å². The first-order valence-electron chi connectivity index (χ1n) is 10.8. The lowest BCUT2D eigenvalue weighted by atomic mass is 9.82. The molecule has 0 radical (unpaired) electrons. The third-order valence-electron chi connectivity index (χ3n) is 6.39. The minimum absolute atomic E-state index is 0.798. The van der Waals surface area contributed by atoms with Gasteiger partial charge in [-0.2, -0.15) is 0 Å². The molecule has 1 N–H and O–H groups in total. The number of hydrogen-bond donors (Lipinski definition) is 1. The summed E-state index contributed by atoms with van der Waals surface area (Å²) in [6.07, 6.45) is 11.4. The molecular formula is C20H34N6. The maximum absolute atomic E-state index is 4.95. The Morgan fingerprint density at radius 1 is 1.08 bits per heavy atom. The van der Waals surface area contributed by atoms with Crippen LogP contribution in [0.15, 0.2) is 4.99 Å². The van der Waals surface area contributed by atoms with Gasteiger partial charge in [-0.3, -0.25) is 4.99 Å². The predicted molar refractivity (Wildman–Crippen MR) is 104 cm³/mol. The summed E-state index contributed by atoms with van der Waals surface area (Å²) in [4.78, 5) is 7.46. The van der Waals surface area contributed by atoms with Crippen molar-refractivity contribution >= 4 is 5.96 Å². The minimum Gasteiger partial charge on any atom is -0.357 e. The van der Waals surface area contributed by atoms with Crippen LogP contribution in [0.5, 0.6) is 0 Å². The molecule has 2 fully saturated rings. The van der Waals surface area contributed by atoms with Crippen molar-refractivity contribution < 1.29 is 0 Å². The van der Waals surface area contributed by atoms with Crippen molar-refractivity contribution in [2.24, 2.45) is 16.8 Å². The number of aryl methyl sites for hydroxylation is 1. The van der Waals surface area contributed by atoms with Crippen LogP contribution in [0.4, 0.5) is 0 Å². The molecule has 2 atom stereocenters. The zero-order valence-electron chi connectivity index (χ0n) is 16.3. The van der Waals surface area contributed by atoms with Crippen LogP contribution >= 0.6 is 0 Å². The second kappa shape index (κ2) is 8.40. The van der Waals surface area contributed by atoms with E-state index in [2.05, 4.69) is 31.9 Å². The summed E-state index contributed by atoms with van der Waals surface area (Å²) in [6.45, 7) is 7.36. The Morgan fingerprint density at radius 3 is 2.65 bits per heavy atom. The van der Waals surface area contributed by atoms with E-state index < -0.39 is 0 Å². The van der Waals surface area contributed by atoms with Gasteiger partial charge in [0.05, 0.1) is 0 Å². The fraction of sp³-hybridized carbons (Fsp3) is 0.850. The predicted octanol–water partition coefficient (Wildman–Crippen LogP) is 2.63. The maximum Gasteiger partial charge on any atom is 0.193 e. The number of aromatic nitrogens is 3. The Balaban J connectivity index is 1.38. The van der Waals surface area contributed by atoms with E-state index in [9.17, 15) is 0 Å². The monoisotopic (exact) mass is 358 g/mol. The molecule has 0 spiro atoms.